The molecule has 0 saturated carbocycles. The van der Waals surface area contributed by atoms with Crippen LogP contribution in [0.3, 0.4) is 0 Å². The van der Waals surface area contributed by atoms with Crippen LogP contribution in [-0.2, 0) is 0 Å². The van der Waals surface area contributed by atoms with Crippen molar-refractivity contribution in [3.05, 3.63) is 86.1 Å². The van der Waals surface area contributed by atoms with Crippen LogP contribution in [0.1, 0.15) is 10.4 Å². The SMILES string of the molecule is O=C(NC(=S)Nc1ccc(N2CCN(c3c(F)c(F)c(F)c(F)c3F)CC2)c(Cl)c1)c1cc(Cl)ccc1Cl. The molecule has 0 spiro atoms. The molecule has 0 atom stereocenters. The number of piperazine rings is 1. The van der Waals surface area contributed by atoms with Crippen molar-refractivity contribution < 1.29 is 26.7 Å². The van der Waals surface area contributed by atoms with Crippen LogP contribution in [0.5, 0.6) is 0 Å². The maximum Gasteiger partial charge on any atom is 0.258 e. The minimum absolute atomic E-state index is 0.0170. The fourth-order valence-electron chi connectivity index (χ4n) is 3.89. The Morgan fingerprint density at radius 2 is 1.34 bits per heavy atom. The van der Waals surface area contributed by atoms with E-state index >= 15 is 0 Å². The zero-order valence-corrected chi connectivity index (χ0v) is 22.1. The normalized spacial score (nSPS) is 13.5. The highest BCUT2D eigenvalue weighted by Crippen LogP contribution is 2.33. The fourth-order valence-corrected chi connectivity index (χ4v) is 4.77. The molecule has 0 radical (unpaired) electrons. The van der Waals surface area contributed by atoms with Gasteiger partial charge in [0.25, 0.3) is 5.91 Å². The Labute approximate surface area is 234 Å². The molecule has 1 amide bonds. The van der Waals surface area contributed by atoms with Gasteiger partial charge >= 0.3 is 0 Å². The Balaban J connectivity index is 1.40. The monoisotopic (exact) mass is 608 g/mol. The van der Waals surface area contributed by atoms with E-state index in [1.54, 1.807) is 29.2 Å². The minimum Gasteiger partial charge on any atom is -0.367 e. The molecule has 14 heteroatoms. The van der Waals surface area contributed by atoms with Gasteiger partial charge in [0, 0.05) is 36.9 Å². The molecule has 1 fully saturated rings. The van der Waals surface area contributed by atoms with Crippen molar-refractivity contribution in [2.45, 2.75) is 0 Å². The van der Waals surface area contributed by atoms with Crippen LogP contribution in [0, 0.1) is 29.1 Å². The summed E-state index contributed by atoms with van der Waals surface area (Å²) in [6.07, 6.45) is 0. The Morgan fingerprint density at radius 1 is 0.763 bits per heavy atom. The van der Waals surface area contributed by atoms with Crippen molar-refractivity contribution in [2.24, 2.45) is 0 Å². The third-order valence-corrected chi connectivity index (χ3v) is 6.80. The molecule has 3 aromatic rings. The van der Waals surface area contributed by atoms with E-state index in [0.717, 1.165) is 4.90 Å². The van der Waals surface area contributed by atoms with Gasteiger partial charge in [-0.3, -0.25) is 10.1 Å². The van der Waals surface area contributed by atoms with Crippen LogP contribution in [-0.4, -0.2) is 37.2 Å². The molecule has 200 valence electrons. The molecule has 1 aliphatic heterocycles. The van der Waals surface area contributed by atoms with Gasteiger partial charge in [0.05, 0.1) is 21.3 Å². The molecule has 38 heavy (non-hydrogen) atoms. The van der Waals surface area contributed by atoms with Crippen molar-refractivity contribution in [3.8, 4) is 0 Å². The molecule has 0 aromatic heterocycles. The number of carbonyl (C=O) groups excluding carboxylic acids is 1. The highest BCUT2D eigenvalue weighted by Gasteiger charge is 2.31. The number of halogens is 8. The molecule has 1 heterocycles. The van der Waals surface area contributed by atoms with Gasteiger partial charge in [-0.05, 0) is 48.6 Å². The lowest BCUT2D eigenvalue weighted by atomic mass is 10.2. The average molecular weight is 610 g/mol. The van der Waals surface area contributed by atoms with Gasteiger partial charge in [-0.2, -0.15) is 0 Å². The number of benzene rings is 3. The second-order valence-corrected chi connectivity index (χ2v) is 9.75. The van der Waals surface area contributed by atoms with E-state index in [9.17, 15) is 26.7 Å². The lowest BCUT2D eigenvalue weighted by molar-refractivity contribution is 0.0978. The van der Waals surface area contributed by atoms with Crippen LogP contribution >= 0.6 is 47.0 Å². The molecule has 5 nitrogen and oxygen atoms in total. The molecular formula is C24H16Cl3F5N4OS. The zero-order chi connectivity index (χ0) is 27.7. The van der Waals surface area contributed by atoms with E-state index in [1.165, 1.54) is 12.1 Å². The van der Waals surface area contributed by atoms with E-state index in [1.807, 2.05) is 0 Å². The van der Waals surface area contributed by atoms with Crippen LogP contribution in [0.25, 0.3) is 0 Å². The quantitative estimate of drug-likeness (QED) is 0.148. The van der Waals surface area contributed by atoms with Gasteiger partial charge in [-0.15, -0.1) is 0 Å². The number of amides is 1. The largest absolute Gasteiger partial charge is 0.367 e. The molecule has 3 aromatic carbocycles. The lowest BCUT2D eigenvalue weighted by Crippen LogP contribution is -2.47. The average Bonchev–Trinajstić information content (AvgIpc) is 2.88. The first-order chi connectivity index (χ1) is 18.0. The molecule has 1 saturated heterocycles. The van der Waals surface area contributed by atoms with Gasteiger partial charge in [0.2, 0.25) is 5.82 Å². The first kappa shape index (κ1) is 28.2. The number of hydrogen-bond acceptors (Lipinski definition) is 4. The van der Waals surface area contributed by atoms with E-state index in [4.69, 9.17) is 47.0 Å². The van der Waals surface area contributed by atoms with E-state index in [0.29, 0.717) is 21.4 Å². The maximum atomic E-state index is 14.2. The summed E-state index contributed by atoms with van der Waals surface area (Å²) < 4.78 is 68.9. The summed E-state index contributed by atoms with van der Waals surface area (Å²) in [6.45, 7) is 0.357. The van der Waals surface area contributed by atoms with Gasteiger partial charge in [-0.1, -0.05) is 34.8 Å². The third kappa shape index (κ3) is 5.75. The van der Waals surface area contributed by atoms with Gasteiger partial charge < -0.3 is 15.1 Å². The molecular weight excluding hydrogens is 594 g/mol. The number of thiocarbonyl (C=S) groups is 1. The Hall–Kier alpha value is -2.86. The number of anilines is 3. The van der Waals surface area contributed by atoms with Crippen LogP contribution in [0.2, 0.25) is 15.1 Å². The fraction of sp³-hybridized carbons (Fsp3) is 0.167. The second-order valence-electron chi connectivity index (χ2n) is 8.09. The molecule has 4 rings (SSSR count). The Morgan fingerprint density at radius 3 is 1.95 bits per heavy atom. The summed E-state index contributed by atoms with van der Waals surface area (Å²) >= 11 is 23.6. The topological polar surface area (TPSA) is 47.6 Å². The molecule has 2 N–H and O–H groups in total. The Kier molecular flexibility index (Phi) is 8.51. The zero-order valence-electron chi connectivity index (χ0n) is 19.0. The molecule has 0 aliphatic carbocycles. The predicted molar refractivity (Wildman–Crippen MR) is 142 cm³/mol. The second kappa shape index (κ2) is 11.5. The number of rotatable bonds is 4. The van der Waals surface area contributed by atoms with Gasteiger partial charge in [0.1, 0.15) is 5.69 Å². The summed E-state index contributed by atoms with van der Waals surface area (Å²) in [5.74, 6) is -10.5. The summed E-state index contributed by atoms with van der Waals surface area (Å²) in [6, 6.07) is 9.28. The van der Waals surface area contributed by atoms with Crippen molar-refractivity contribution in [1.82, 2.24) is 5.32 Å². The van der Waals surface area contributed by atoms with Gasteiger partial charge in [-0.25, -0.2) is 22.0 Å². The first-order valence-electron chi connectivity index (χ1n) is 10.9. The van der Waals surface area contributed by atoms with E-state index in [-0.39, 0.29) is 41.9 Å². The lowest BCUT2D eigenvalue weighted by Gasteiger charge is -2.38. The van der Waals surface area contributed by atoms with Crippen molar-refractivity contribution in [2.75, 3.05) is 41.3 Å². The summed E-state index contributed by atoms with van der Waals surface area (Å²) in [5.41, 5.74) is 0.222. The summed E-state index contributed by atoms with van der Waals surface area (Å²) in [7, 11) is 0. The highest BCUT2D eigenvalue weighted by atomic mass is 35.5. The maximum absolute atomic E-state index is 14.2. The summed E-state index contributed by atoms with van der Waals surface area (Å²) in [4.78, 5) is 15.3. The number of hydrogen-bond donors (Lipinski definition) is 2. The minimum atomic E-state index is -2.20. The number of carbonyl (C=O) groups is 1. The standard InChI is InChI=1S/C24H16Cl3F5N4OS/c25-11-1-3-14(26)13(9-11)23(37)34-24(38)33-12-2-4-16(15(27)10-12)35-5-7-36(8-6-35)22-20(31)18(29)17(28)19(30)21(22)32/h1-4,9-10H,5-8H2,(H2,33,34,37,38). The van der Waals surface area contributed by atoms with Gasteiger partial charge in [0.15, 0.2) is 28.4 Å². The van der Waals surface area contributed by atoms with E-state index in [2.05, 4.69) is 10.6 Å². The molecule has 0 bridgehead atoms. The molecule has 1 aliphatic rings. The molecule has 0 unspecified atom stereocenters. The van der Waals surface area contributed by atoms with Crippen LogP contribution in [0.4, 0.5) is 39.0 Å². The summed E-state index contributed by atoms with van der Waals surface area (Å²) in [5, 5.41) is 6.12. The van der Waals surface area contributed by atoms with Crippen LogP contribution < -0.4 is 20.4 Å². The van der Waals surface area contributed by atoms with Crippen molar-refractivity contribution in [1.29, 1.82) is 0 Å². The van der Waals surface area contributed by atoms with Crippen LogP contribution in [0.15, 0.2) is 36.4 Å². The third-order valence-electron chi connectivity index (χ3n) is 5.73. The predicted octanol–water partition coefficient (Wildman–Crippen LogP) is 6.80. The van der Waals surface area contributed by atoms with E-state index < -0.39 is 40.7 Å². The number of nitrogens with zero attached hydrogens (tertiary/aromatic N) is 2. The highest BCUT2D eigenvalue weighted by molar-refractivity contribution is 7.80. The number of nitrogens with one attached hydrogen (secondary N) is 2. The Bertz CT molecular complexity index is 1410. The van der Waals surface area contributed by atoms with Crippen molar-refractivity contribution >= 4 is 75.1 Å². The smallest absolute Gasteiger partial charge is 0.258 e. The van der Waals surface area contributed by atoms with Crippen molar-refractivity contribution in [3.63, 3.8) is 0 Å². The first-order valence-corrected chi connectivity index (χ1v) is 12.4.